The molecule has 1 radical (unpaired) electrons. The minimum atomic E-state index is -2.13. The van der Waals surface area contributed by atoms with Gasteiger partial charge in [0, 0.05) is 44.7 Å². The van der Waals surface area contributed by atoms with E-state index in [2.05, 4.69) is 46.7 Å². The maximum atomic E-state index is 14.0. The Bertz CT molecular complexity index is 2100. The zero-order chi connectivity index (χ0) is 35.2. The number of benzene rings is 2. The SMILES string of the molecule is [2H]C(C)(C)c1cc(-c2[c-]ccc3c2oc2ncccc23)ncc1F.[2H]C([2H])([2H])c1c[c-]c(-c2cc(C([2H])(C)C)c([Si](C)(C)C)cn2)cc1.[Ir]. The van der Waals surface area contributed by atoms with Gasteiger partial charge in [-0.1, -0.05) is 82.8 Å². The van der Waals surface area contributed by atoms with Crippen LogP contribution in [0.3, 0.4) is 0 Å². The van der Waals surface area contributed by atoms with E-state index in [0.29, 0.717) is 22.6 Å². The molecule has 0 spiro atoms. The summed E-state index contributed by atoms with van der Waals surface area (Å²) < 4.78 is 58.8. The Hall–Kier alpha value is -3.51. The van der Waals surface area contributed by atoms with Crippen molar-refractivity contribution in [3.63, 3.8) is 0 Å². The minimum Gasteiger partial charge on any atom is -0.486 e. The zero-order valence-corrected chi connectivity index (χ0v) is 29.3. The summed E-state index contributed by atoms with van der Waals surface area (Å²) in [5.74, 6) is -2.27. The third-order valence-corrected chi connectivity index (χ3v) is 9.21. The van der Waals surface area contributed by atoms with Crippen molar-refractivity contribution in [1.29, 1.82) is 0 Å². The third-order valence-electron chi connectivity index (χ3n) is 7.20. The maximum Gasteiger partial charge on any atom is 0.216 e. The van der Waals surface area contributed by atoms with Gasteiger partial charge in [-0.15, -0.1) is 53.6 Å². The van der Waals surface area contributed by atoms with E-state index in [1.54, 1.807) is 44.3 Å². The van der Waals surface area contributed by atoms with Crippen LogP contribution in [0.1, 0.15) is 63.0 Å². The van der Waals surface area contributed by atoms with Crippen LogP contribution in [-0.2, 0) is 20.1 Å². The van der Waals surface area contributed by atoms with Crippen LogP contribution in [0.25, 0.3) is 44.6 Å². The van der Waals surface area contributed by atoms with E-state index < -0.39 is 32.5 Å². The van der Waals surface area contributed by atoms with Gasteiger partial charge in [-0.25, -0.2) is 9.37 Å². The van der Waals surface area contributed by atoms with Crippen molar-refractivity contribution in [2.75, 3.05) is 0 Å². The Morgan fingerprint density at radius 1 is 0.886 bits per heavy atom. The molecule has 0 N–H and O–H groups in total. The molecule has 4 heterocycles. The van der Waals surface area contributed by atoms with Crippen molar-refractivity contribution in [3.05, 3.63) is 108 Å². The second-order valence-corrected chi connectivity index (χ2v) is 17.0. The van der Waals surface area contributed by atoms with Gasteiger partial charge in [0.2, 0.25) is 5.71 Å². The number of aryl methyl sites for hydroxylation is 1. The van der Waals surface area contributed by atoms with Crippen LogP contribution >= 0.6 is 0 Å². The normalized spacial score (nSPS) is 14.0. The second kappa shape index (κ2) is 13.6. The summed E-state index contributed by atoms with van der Waals surface area (Å²) >= 11 is 0. The summed E-state index contributed by atoms with van der Waals surface area (Å²) in [7, 11) is -1.61. The second-order valence-electron chi connectivity index (χ2n) is 12.0. The Morgan fingerprint density at radius 2 is 1.61 bits per heavy atom. The standard InChI is InChI=1S/C19H14FN2O.C18H24NSi.Ir/c1-11(2)15-9-17(22-10-16(15)20)14-6-3-5-12-13-7-4-8-21-19(13)23-18(12)14;1-13(2)16-11-17(15-9-7-14(3)8-10-15)19-12-18(16)20(4,5)6;/h3-5,7-11H,1-2H3;7-9,11-13H,1-6H3;/q2*-1;/i11D;3D3,13D;. The molecule has 6 rings (SSSR count). The molecule has 0 aliphatic carbocycles. The topological polar surface area (TPSA) is 51.8 Å². The van der Waals surface area contributed by atoms with Crippen LogP contribution in [0.4, 0.5) is 4.39 Å². The van der Waals surface area contributed by atoms with Crippen LogP contribution in [0.5, 0.6) is 0 Å². The van der Waals surface area contributed by atoms with Crippen LogP contribution in [0.15, 0.2) is 77.6 Å². The van der Waals surface area contributed by atoms with E-state index in [4.69, 9.17) is 11.3 Å². The van der Waals surface area contributed by atoms with Crippen LogP contribution in [0.2, 0.25) is 19.6 Å². The van der Waals surface area contributed by atoms with Gasteiger partial charge >= 0.3 is 0 Å². The average Bonchev–Trinajstić information content (AvgIpc) is 3.39. The quantitative estimate of drug-likeness (QED) is 0.129. The van der Waals surface area contributed by atoms with Crippen molar-refractivity contribution in [3.8, 4) is 22.5 Å². The molecule has 2 aromatic carbocycles. The van der Waals surface area contributed by atoms with Gasteiger partial charge < -0.3 is 14.4 Å². The molecule has 4 aromatic heterocycles. The van der Waals surface area contributed by atoms with Crippen molar-refractivity contribution < 1.29 is 35.8 Å². The molecule has 0 aliphatic rings. The monoisotopic (exact) mass is 785 g/mol. The van der Waals surface area contributed by atoms with E-state index in [-0.39, 0.29) is 31.2 Å². The van der Waals surface area contributed by atoms with Crippen molar-refractivity contribution in [1.82, 2.24) is 15.0 Å². The molecule has 0 aliphatic heterocycles. The van der Waals surface area contributed by atoms with Gasteiger partial charge in [0.25, 0.3) is 0 Å². The minimum absolute atomic E-state index is 0. The number of fused-ring (bicyclic) bond motifs is 3. The van der Waals surface area contributed by atoms with Gasteiger partial charge in [-0.05, 0) is 46.1 Å². The molecular formula is C37H38FIrN3OSi-2. The molecule has 7 heteroatoms. The molecule has 0 atom stereocenters. The van der Waals surface area contributed by atoms with Crippen molar-refractivity contribution in [2.24, 2.45) is 0 Å². The summed E-state index contributed by atoms with van der Waals surface area (Å²) in [6.07, 6.45) is 4.71. The number of halogens is 1. The Morgan fingerprint density at radius 3 is 2.27 bits per heavy atom. The van der Waals surface area contributed by atoms with Gasteiger partial charge in [0.15, 0.2) is 0 Å². The summed E-state index contributed by atoms with van der Waals surface area (Å²) in [5.41, 5.74) is 5.32. The van der Waals surface area contributed by atoms with Crippen LogP contribution < -0.4 is 5.19 Å². The number of pyridine rings is 3. The molecule has 0 saturated carbocycles. The first kappa shape index (κ1) is 26.9. The largest absolute Gasteiger partial charge is 0.486 e. The van der Waals surface area contributed by atoms with E-state index in [1.807, 2.05) is 44.3 Å². The molecule has 0 fully saturated rings. The molecular weight excluding hydrogens is 742 g/mol. The first-order valence-electron chi connectivity index (χ1n) is 16.6. The van der Waals surface area contributed by atoms with E-state index in [1.165, 1.54) is 11.3 Å². The summed E-state index contributed by atoms with van der Waals surface area (Å²) in [6.45, 7) is 11.7. The number of furan rings is 1. The molecule has 229 valence electrons. The zero-order valence-electron chi connectivity index (χ0n) is 30.9. The Labute approximate surface area is 281 Å². The molecule has 4 nitrogen and oxygen atoms in total. The molecule has 0 bridgehead atoms. The van der Waals surface area contributed by atoms with Crippen LogP contribution in [0, 0.1) is 24.8 Å². The fourth-order valence-electron chi connectivity index (χ4n) is 4.92. The molecule has 0 saturated heterocycles. The summed E-state index contributed by atoms with van der Waals surface area (Å²) in [5, 5.41) is 3.00. The third kappa shape index (κ3) is 7.07. The molecule has 6 aromatic rings. The smallest absolute Gasteiger partial charge is 0.216 e. The van der Waals surface area contributed by atoms with Crippen LogP contribution in [-0.4, -0.2) is 23.0 Å². The van der Waals surface area contributed by atoms with E-state index in [9.17, 15) is 4.39 Å². The molecule has 0 amide bonds. The Balaban J connectivity index is 0.000000216. The molecule has 44 heavy (non-hydrogen) atoms. The number of aromatic nitrogens is 3. The number of rotatable bonds is 5. The summed E-state index contributed by atoms with van der Waals surface area (Å²) in [6, 6.07) is 22.0. The van der Waals surface area contributed by atoms with Crippen molar-refractivity contribution >= 4 is 35.3 Å². The van der Waals surface area contributed by atoms with Crippen molar-refractivity contribution in [2.45, 2.75) is 66.0 Å². The van der Waals surface area contributed by atoms with E-state index >= 15 is 0 Å². The Kier molecular flexibility index (Phi) is 8.32. The first-order chi connectivity index (χ1) is 22.2. The van der Waals surface area contributed by atoms with Gasteiger partial charge in [-0.3, -0.25) is 0 Å². The number of hydrogen-bond donors (Lipinski definition) is 0. The fraction of sp³-hybridized carbons (Fsp3) is 0.270. The van der Waals surface area contributed by atoms with Gasteiger partial charge in [0.1, 0.15) is 5.82 Å². The fourth-order valence-corrected chi connectivity index (χ4v) is 6.51. The summed E-state index contributed by atoms with van der Waals surface area (Å²) in [4.78, 5) is 13.0. The maximum absolute atomic E-state index is 14.0. The van der Waals surface area contributed by atoms with Gasteiger partial charge in [-0.2, -0.15) is 0 Å². The average molecular weight is 785 g/mol. The predicted octanol–water partition coefficient (Wildman–Crippen LogP) is 9.63. The van der Waals surface area contributed by atoms with E-state index in [0.717, 1.165) is 33.8 Å². The number of hydrogen-bond acceptors (Lipinski definition) is 4. The van der Waals surface area contributed by atoms with Gasteiger partial charge in [0.05, 0.1) is 19.9 Å². The predicted molar refractivity (Wildman–Crippen MR) is 178 cm³/mol. The number of nitrogens with zero attached hydrogens (tertiary/aromatic N) is 3. The molecule has 0 unspecified atom stereocenters. The first-order valence-corrected chi connectivity index (χ1v) is 17.6.